The van der Waals surface area contributed by atoms with Gasteiger partial charge in [0.25, 0.3) is 10.0 Å². The van der Waals surface area contributed by atoms with Crippen LogP contribution in [0.3, 0.4) is 0 Å². The highest BCUT2D eigenvalue weighted by Crippen LogP contribution is 2.29. The topological polar surface area (TPSA) is 86.8 Å². The van der Waals surface area contributed by atoms with Crippen LogP contribution < -0.4 is 9.62 Å². The summed E-state index contributed by atoms with van der Waals surface area (Å²) in [7, 11) is -4.20. The van der Waals surface area contributed by atoms with Crippen molar-refractivity contribution in [2.75, 3.05) is 10.8 Å². The summed E-state index contributed by atoms with van der Waals surface area (Å²) in [6.45, 7) is 8.23. The lowest BCUT2D eigenvalue weighted by atomic mass is 10.1. The van der Waals surface area contributed by atoms with Crippen molar-refractivity contribution >= 4 is 62.3 Å². The van der Waals surface area contributed by atoms with Crippen LogP contribution in [-0.4, -0.2) is 43.3 Å². The summed E-state index contributed by atoms with van der Waals surface area (Å²) < 4.78 is 28.7. The number of amides is 2. The van der Waals surface area contributed by atoms with E-state index in [9.17, 15) is 18.0 Å². The molecule has 0 radical (unpaired) electrons. The summed E-state index contributed by atoms with van der Waals surface area (Å²) in [6, 6.07) is 16.4. The van der Waals surface area contributed by atoms with E-state index in [-0.39, 0.29) is 17.1 Å². The molecule has 0 saturated carbocycles. The predicted molar refractivity (Wildman–Crippen MR) is 162 cm³/mol. The van der Waals surface area contributed by atoms with Gasteiger partial charge in [-0.05, 0) is 83.1 Å². The number of halogens is 3. The van der Waals surface area contributed by atoms with Crippen molar-refractivity contribution in [1.29, 1.82) is 0 Å². The first-order valence-corrected chi connectivity index (χ1v) is 15.1. The van der Waals surface area contributed by atoms with Crippen molar-refractivity contribution in [3.05, 3.63) is 92.9 Å². The highest BCUT2D eigenvalue weighted by Gasteiger charge is 2.34. The second-order valence-corrected chi connectivity index (χ2v) is 13.6. The Bertz CT molecular complexity index is 1450. The zero-order valence-electron chi connectivity index (χ0n) is 22.9. The lowest BCUT2D eigenvalue weighted by Crippen LogP contribution is -2.54. The second-order valence-electron chi connectivity index (χ2n) is 10.4. The number of hydrogen-bond donors (Lipinski definition) is 1. The van der Waals surface area contributed by atoms with Gasteiger partial charge >= 0.3 is 0 Å². The van der Waals surface area contributed by atoms with Crippen molar-refractivity contribution < 1.29 is 18.0 Å². The molecular formula is C29H32Cl3N3O4S. The van der Waals surface area contributed by atoms with E-state index in [1.54, 1.807) is 49.4 Å². The van der Waals surface area contributed by atoms with Gasteiger partial charge in [-0.15, -0.1) is 0 Å². The minimum Gasteiger partial charge on any atom is -0.350 e. The molecule has 0 heterocycles. The molecule has 40 heavy (non-hydrogen) atoms. The van der Waals surface area contributed by atoms with E-state index in [0.717, 1.165) is 9.87 Å². The van der Waals surface area contributed by atoms with Crippen LogP contribution in [0.2, 0.25) is 15.1 Å². The normalized spacial score (nSPS) is 12.5. The molecule has 0 aliphatic carbocycles. The summed E-state index contributed by atoms with van der Waals surface area (Å²) in [5, 5.41) is 3.89. The number of hydrogen-bond acceptors (Lipinski definition) is 4. The number of nitrogens with zero attached hydrogens (tertiary/aromatic N) is 2. The van der Waals surface area contributed by atoms with Crippen LogP contribution in [-0.2, 0) is 26.2 Å². The Balaban J connectivity index is 2.07. The molecule has 1 atom stereocenters. The molecule has 7 nitrogen and oxygen atoms in total. The first-order valence-electron chi connectivity index (χ1n) is 12.5. The molecule has 0 spiro atoms. The Kier molecular flexibility index (Phi) is 10.2. The molecule has 0 aromatic heterocycles. The summed E-state index contributed by atoms with van der Waals surface area (Å²) in [4.78, 5) is 28.4. The highest BCUT2D eigenvalue weighted by atomic mass is 35.5. The van der Waals surface area contributed by atoms with E-state index in [2.05, 4.69) is 5.32 Å². The van der Waals surface area contributed by atoms with Crippen molar-refractivity contribution in [1.82, 2.24) is 10.2 Å². The van der Waals surface area contributed by atoms with Crippen molar-refractivity contribution in [2.45, 2.75) is 57.6 Å². The van der Waals surface area contributed by atoms with E-state index < -0.39 is 40.0 Å². The molecule has 3 rings (SSSR count). The predicted octanol–water partition coefficient (Wildman–Crippen LogP) is 6.48. The lowest BCUT2D eigenvalue weighted by molar-refractivity contribution is -0.140. The minimum atomic E-state index is -4.20. The Morgan fingerprint density at radius 3 is 1.98 bits per heavy atom. The van der Waals surface area contributed by atoms with Gasteiger partial charge < -0.3 is 10.2 Å². The van der Waals surface area contributed by atoms with Crippen LogP contribution in [0.15, 0.2) is 71.6 Å². The third-order valence-electron chi connectivity index (χ3n) is 6.06. The van der Waals surface area contributed by atoms with Gasteiger partial charge in [0.15, 0.2) is 0 Å². The zero-order valence-corrected chi connectivity index (χ0v) is 26.0. The van der Waals surface area contributed by atoms with Crippen LogP contribution >= 0.6 is 34.8 Å². The van der Waals surface area contributed by atoms with Crippen LogP contribution in [0.4, 0.5) is 5.69 Å². The highest BCUT2D eigenvalue weighted by molar-refractivity contribution is 7.92. The summed E-state index contributed by atoms with van der Waals surface area (Å²) in [5.41, 5.74) is 1.09. The van der Waals surface area contributed by atoms with Gasteiger partial charge in [0.05, 0.1) is 10.6 Å². The molecule has 0 aliphatic rings. The standard InChI is InChI=1S/C29H32Cl3N3O4S/c1-19-9-13-22(14-10-19)35(40(38,39)23-15-11-21(30)12-16-23)18-27(36)34(20(2)28(37)33-29(3,4)5)17-24-25(31)7-6-8-26(24)32/h6-16,20H,17-18H2,1-5H3,(H,33,37)/t20-/m1/s1. The average molecular weight is 625 g/mol. The third-order valence-corrected chi connectivity index (χ3v) is 8.81. The van der Waals surface area contributed by atoms with Crippen LogP contribution in [0, 0.1) is 6.92 Å². The van der Waals surface area contributed by atoms with Crippen LogP contribution in [0.1, 0.15) is 38.8 Å². The number of anilines is 1. The number of nitrogens with one attached hydrogen (secondary N) is 1. The molecule has 0 saturated heterocycles. The fourth-order valence-corrected chi connectivity index (χ4v) is 5.94. The van der Waals surface area contributed by atoms with Gasteiger partial charge in [0.1, 0.15) is 12.6 Å². The van der Waals surface area contributed by atoms with Crippen molar-refractivity contribution in [3.8, 4) is 0 Å². The van der Waals surface area contributed by atoms with Gasteiger partial charge in [0, 0.05) is 32.7 Å². The first kappa shape index (κ1) is 31.7. The second kappa shape index (κ2) is 12.8. The smallest absolute Gasteiger partial charge is 0.264 e. The summed E-state index contributed by atoms with van der Waals surface area (Å²) in [5.74, 6) is -1.03. The van der Waals surface area contributed by atoms with E-state index in [1.165, 1.54) is 29.2 Å². The van der Waals surface area contributed by atoms with Crippen molar-refractivity contribution in [2.24, 2.45) is 0 Å². The largest absolute Gasteiger partial charge is 0.350 e. The maximum Gasteiger partial charge on any atom is 0.264 e. The van der Waals surface area contributed by atoms with Crippen molar-refractivity contribution in [3.63, 3.8) is 0 Å². The Labute approximate surface area is 251 Å². The van der Waals surface area contributed by atoms with Gasteiger partial charge in [-0.1, -0.05) is 58.6 Å². The minimum absolute atomic E-state index is 0.0375. The number of rotatable bonds is 9. The van der Waals surface area contributed by atoms with E-state index in [1.807, 2.05) is 27.7 Å². The summed E-state index contributed by atoms with van der Waals surface area (Å²) in [6.07, 6.45) is 0. The Morgan fingerprint density at radius 2 is 1.45 bits per heavy atom. The molecule has 0 bridgehead atoms. The fourth-order valence-electron chi connectivity index (χ4n) is 3.88. The Hall–Kier alpha value is -2.78. The molecule has 3 aromatic carbocycles. The van der Waals surface area contributed by atoms with Crippen LogP contribution in [0.25, 0.3) is 0 Å². The van der Waals surface area contributed by atoms with E-state index >= 15 is 0 Å². The molecule has 2 amide bonds. The molecule has 214 valence electrons. The summed E-state index contributed by atoms with van der Waals surface area (Å²) >= 11 is 18.8. The number of benzene rings is 3. The van der Waals surface area contributed by atoms with Crippen LogP contribution in [0.5, 0.6) is 0 Å². The lowest BCUT2D eigenvalue weighted by Gasteiger charge is -2.33. The zero-order chi connectivity index (χ0) is 29.8. The molecule has 1 N–H and O–H groups in total. The fraction of sp³-hybridized carbons (Fsp3) is 0.310. The van der Waals surface area contributed by atoms with E-state index in [4.69, 9.17) is 34.8 Å². The molecule has 11 heteroatoms. The maximum atomic E-state index is 14.0. The molecule has 3 aromatic rings. The molecule has 0 aliphatic heterocycles. The van der Waals surface area contributed by atoms with Gasteiger partial charge in [-0.2, -0.15) is 0 Å². The molecule has 0 unspecified atom stereocenters. The third kappa shape index (κ3) is 7.91. The van der Waals surface area contributed by atoms with Gasteiger partial charge in [-0.25, -0.2) is 8.42 Å². The number of carbonyl (C=O) groups is 2. The maximum absolute atomic E-state index is 14.0. The van der Waals surface area contributed by atoms with Gasteiger partial charge in [-0.3, -0.25) is 13.9 Å². The first-order chi connectivity index (χ1) is 18.6. The number of aryl methyl sites for hydroxylation is 1. The van der Waals surface area contributed by atoms with E-state index in [0.29, 0.717) is 20.6 Å². The number of carbonyl (C=O) groups excluding carboxylic acids is 2. The molecule has 0 fully saturated rings. The Morgan fingerprint density at radius 1 is 0.900 bits per heavy atom. The number of sulfonamides is 1. The SMILES string of the molecule is Cc1ccc(N(CC(=O)N(Cc2c(Cl)cccc2Cl)[C@H](C)C(=O)NC(C)(C)C)S(=O)(=O)c2ccc(Cl)cc2)cc1. The average Bonchev–Trinajstić information content (AvgIpc) is 2.86. The monoisotopic (exact) mass is 623 g/mol. The van der Waals surface area contributed by atoms with Gasteiger partial charge in [0.2, 0.25) is 11.8 Å². The quantitative estimate of drug-likeness (QED) is 0.295. The molecular weight excluding hydrogens is 593 g/mol.